The minimum absolute atomic E-state index is 0.190. The first-order valence-electron chi connectivity index (χ1n) is 5.48. The van der Waals surface area contributed by atoms with Crippen LogP contribution in [-0.4, -0.2) is 22.5 Å². The van der Waals surface area contributed by atoms with E-state index in [0.717, 1.165) is 10.9 Å². The number of pyridine rings is 1. The number of carboxylic acids is 1. The smallest absolute Gasteiger partial charge is 0.305 e. The number of nitrogens with zero attached hydrogens (tertiary/aromatic N) is 1. The van der Waals surface area contributed by atoms with E-state index in [9.17, 15) is 9.59 Å². The van der Waals surface area contributed by atoms with Crippen LogP contribution in [0.4, 0.5) is 0 Å². The Balaban J connectivity index is 2.37. The quantitative estimate of drug-likeness (QED) is 0.781. The van der Waals surface area contributed by atoms with E-state index in [2.05, 4.69) is 10.3 Å². The van der Waals surface area contributed by atoms with Gasteiger partial charge in [0.15, 0.2) is 0 Å². The molecule has 0 aliphatic rings. The van der Waals surface area contributed by atoms with Gasteiger partial charge in [0.1, 0.15) is 0 Å². The summed E-state index contributed by atoms with van der Waals surface area (Å²) in [5.74, 6) is -0.982. The Morgan fingerprint density at radius 1 is 1.33 bits per heavy atom. The summed E-state index contributed by atoms with van der Waals surface area (Å²) in [7, 11) is 0. The number of carboxylic acid groups (broad SMARTS) is 1. The Morgan fingerprint density at radius 3 is 2.83 bits per heavy atom. The van der Waals surface area contributed by atoms with Crippen molar-refractivity contribution in [3.8, 4) is 0 Å². The van der Waals surface area contributed by atoms with Crippen LogP contribution >= 0.6 is 0 Å². The molecule has 5 heteroatoms. The molecule has 18 heavy (non-hydrogen) atoms. The molecule has 0 saturated heterocycles. The van der Waals surface area contributed by atoms with E-state index in [-0.39, 0.29) is 6.42 Å². The Kier molecular flexibility index (Phi) is 3.52. The first kappa shape index (κ1) is 12.0. The number of hydrogen-bond acceptors (Lipinski definition) is 3. The van der Waals surface area contributed by atoms with Gasteiger partial charge in [-0.1, -0.05) is 24.3 Å². The molecule has 0 aliphatic carbocycles. The predicted molar refractivity (Wildman–Crippen MR) is 65.9 cm³/mol. The molecule has 2 rings (SSSR count). The van der Waals surface area contributed by atoms with Crippen LogP contribution < -0.4 is 5.32 Å². The monoisotopic (exact) mass is 244 g/mol. The second-order valence-corrected chi connectivity index (χ2v) is 3.86. The van der Waals surface area contributed by atoms with Crippen LogP contribution in [0.25, 0.3) is 10.9 Å². The molecule has 1 atom stereocenters. The lowest BCUT2D eigenvalue weighted by molar-refractivity contribution is -0.137. The van der Waals surface area contributed by atoms with Crippen molar-refractivity contribution >= 4 is 23.3 Å². The first-order valence-corrected chi connectivity index (χ1v) is 5.48. The van der Waals surface area contributed by atoms with Crippen LogP contribution in [-0.2, 0) is 9.59 Å². The Hall–Kier alpha value is -2.43. The summed E-state index contributed by atoms with van der Waals surface area (Å²) in [4.78, 5) is 25.6. The second kappa shape index (κ2) is 5.27. The highest BCUT2D eigenvalue weighted by atomic mass is 16.4. The second-order valence-electron chi connectivity index (χ2n) is 3.86. The molecule has 0 fully saturated rings. The van der Waals surface area contributed by atoms with Crippen LogP contribution in [0.5, 0.6) is 0 Å². The molecule has 1 heterocycles. The van der Waals surface area contributed by atoms with E-state index >= 15 is 0 Å². The largest absolute Gasteiger partial charge is 0.481 e. The van der Waals surface area contributed by atoms with Crippen LogP contribution in [0, 0.1) is 0 Å². The maximum Gasteiger partial charge on any atom is 0.305 e. The molecule has 2 N–H and O–H groups in total. The third-order valence-corrected chi connectivity index (χ3v) is 2.62. The van der Waals surface area contributed by atoms with Crippen molar-refractivity contribution in [2.75, 3.05) is 0 Å². The molecule has 0 unspecified atom stereocenters. The number of nitrogens with one attached hydrogen (secondary N) is 1. The number of benzene rings is 1. The summed E-state index contributed by atoms with van der Waals surface area (Å²) in [6, 6.07) is 10.5. The number of rotatable bonds is 5. The topological polar surface area (TPSA) is 79.3 Å². The molecule has 0 saturated carbocycles. The molecule has 92 valence electrons. The average molecular weight is 244 g/mol. The van der Waals surface area contributed by atoms with Crippen LogP contribution in [0.3, 0.4) is 0 Å². The van der Waals surface area contributed by atoms with E-state index < -0.39 is 12.0 Å². The maximum atomic E-state index is 10.7. The molecular formula is C13H12N2O3. The van der Waals surface area contributed by atoms with Crippen molar-refractivity contribution in [1.82, 2.24) is 10.3 Å². The van der Waals surface area contributed by atoms with Gasteiger partial charge in [-0.25, -0.2) is 0 Å². The lowest BCUT2D eigenvalue weighted by Crippen LogP contribution is -2.23. The number of carbonyl (C=O) groups is 2. The van der Waals surface area contributed by atoms with Crippen molar-refractivity contribution < 1.29 is 14.7 Å². The number of hydrogen-bond donors (Lipinski definition) is 2. The normalized spacial score (nSPS) is 12.0. The summed E-state index contributed by atoms with van der Waals surface area (Å²) in [6.45, 7) is 0. The fraction of sp³-hybridized carbons (Fsp3) is 0.154. The summed E-state index contributed by atoms with van der Waals surface area (Å²) in [5.41, 5.74) is 1.32. The molecule has 2 aromatic rings. The van der Waals surface area contributed by atoms with Crippen molar-refractivity contribution in [3.63, 3.8) is 0 Å². The fourth-order valence-corrected chi connectivity index (χ4v) is 1.78. The van der Waals surface area contributed by atoms with E-state index in [1.54, 1.807) is 6.07 Å². The molecule has 0 radical (unpaired) electrons. The third-order valence-electron chi connectivity index (χ3n) is 2.62. The predicted octanol–water partition coefficient (Wildman–Crippen LogP) is 1.50. The number of para-hydroxylation sites is 1. The zero-order valence-corrected chi connectivity index (χ0v) is 9.54. The summed E-state index contributed by atoms with van der Waals surface area (Å²) in [5, 5.41) is 12.2. The standard InChI is InChI=1S/C13H12N2O3/c16-8-14-12(7-13(17)18)11-6-5-9-3-1-2-4-10(9)15-11/h1-6,8,12H,7H2,(H,14,16)(H,17,18)/t12-/m1/s1. The Labute approximate surface area is 103 Å². The molecule has 0 spiro atoms. The molecule has 1 amide bonds. The zero-order chi connectivity index (χ0) is 13.0. The van der Waals surface area contributed by atoms with Gasteiger partial charge in [-0.15, -0.1) is 0 Å². The molecular weight excluding hydrogens is 232 g/mol. The summed E-state index contributed by atoms with van der Waals surface area (Å²) >= 11 is 0. The van der Waals surface area contributed by atoms with Gasteiger partial charge in [0, 0.05) is 5.39 Å². The highest BCUT2D eigenvalue weighted by Gasteiger charge is 2.16. The minimum Gasteiger partial charge on any atom is -0.481 e. The van der Waals surface area contributed by atoms with E-state index in [4.69, 9.17) is 5.11 Å². The highest BCUT2D eigenvalue weighted by molar-refractivity contribution is 5.78. The molecule has 1 aromatic carbocycles. The third kappa shape index (κ3) is 2.63. The Morgan fingerprint density at radius 2 is 2.11 bits per heavy atom. The average Bonchev–Trinajstić information content (AvgIpc) is 2.37. The number of aromatic nitrogens is 1. The Bertz CT molecular complexity index is 583. The van der Waals surface area contributed by atoms with Gasteiger partial charge in [-0.2, -0.15) is 0 Å². The van der Waals surface area contributed by atoms with Gasteiger partial charge in [0.2, 0.25) is 6.41 Å². The molecule has 1 aromatic heterocycles. The fourth-order valence-electron chi connectivity index (χ4n) is 1.78. The zero-order valence-electron chi connectivity index (χ0n) is 9.54. The van der Waals surface area contributed by atoms with Gasteiger partial charge in [0.25, 0.3) is 0 Å². The lowest BCUT2D eigenvalue weighted by atomic mass is 10.1. The van der Waals surface area contributed by atoms with Gasteiger partial charge in [-0.05, 0) is 12.1 Å². The summed E-state index contributed by atoms with van der Waals surface area (Å²) < 4.78 is 0. The number of amides is 1. The highest BCUT2D eigenvalue weighted by Crippen LogP contribution is 2.18. The maximum absolute atomic E-state index is 10.7. The molecule has 5 nitrogen and oxygen atoms in total. The first-order chi connectivity index (χ1) is 8.70. The number of carbonyl (C=O) groups excluding carboxylic acids is 1. The van der Waals surface area contributed by atoms with Crippen molar-refractivity contribution in [2.45, 2.75) is 12.5 Å². The lowest BCUT2D eigenvalue weighted by Gasteiger charge is -2.13. The molecule has 0 aliphatic heterocycles. The van der Waals surface area contributed by atoms with E-state index in [1.165, 1.54) is 0 Å². The van der Waals surface area contributed by atoms with Gasteiger partial charge in [-0.3, -0.25) is 14.6 Å². The number of fused-ring (bicyclic) bond motifs is 1. The number of aliphatic carboxylic acids is 1. The van der Waals surface area contributed by atoms with Crippen molar-refractivity contribution in [1.29, 1.82) is 0 Å². The minimum atomic E-state index is -0.982. The van der Waals surface area contributed by atoms with Crippen molar-refractivity contribution in [2.24, 2.45) is 0 Å². The van der Waals surface area contributed by atoms with Gasteiger partial charge < -0.3 is 10.4 Å². The molecule has 0 bridgehead atoms. The summed E-state index contributed by atoms with van der Waals surface area (Å²) in [6.07, 6.45) is 0.300. The van der Waals surface area contributed by atoms with Crippen LogP contribution in [0.15, 0.2) is 36.4 Å². The van der Waals surface area contributed by atoms with Gasteiger partial charge >= 0.3 is 5.97 Å². The van der Waals surface area contributed by atoms with Crippen LogP contribution in [0.2, 0.25) is 0 Å². The van der Waals surface area contributed by atoms with E-state index in [1.807, 2.05) is 30.3 Å². The van der Waals surface area contributed by atoms with Crippen molar-refractivity contribution in [3.05, 3.63) is 42.1 Å². The SMILES string of the molecule is O=CN[C@H](CC(=O)O)c1ccc2ccccc2n1. The van der Waals surface area contributed by atoms with Crippen LogP contribution in [0.1, 0.15) is 18.2 Å². The van der Waals surface area contributed by atoms with Gasteiger partial charge in [0.05, 0.1) is 23.7 Å². The van der Waals surface area contributed by atoms with E-state index in [0.29, 0.717) is 12.1 Å².